The quantitative estimate of drug-likeness (QED) is 0.844. The van der Waals surface area contributed by atoms with Gasteiger partial charge in [-0.25, -0.2) is 4.39 Å². The Hall–Kier alpha value is -1.47. The molecule has 0 amide bonds. The molecule has 0 atom stereocenters. The minimum Gasteiger partial charge on any atom is -0.354 e. The molecule has 0 aliphatic rings. The molecular formula is C12H12BrClFN5. The molecule has 2 aromatic rings. The number of hydrogen-bond acceptors (Lipinski definition) is 5. The van der Waals surface area contributed by atoms with E-state index in [0.29, 0.717) is 22.1 Å². The van der Waals surface area contributed by atoms with E-state index in [1.54, 1.807) is 12.1 Å². The molecule has 5 nitrogen and oxygen atoms in total. The Morgan fingerprint density at radius 2 is 2.00 bits per heavy atom. The molecule has 20 heavy (non-hydrogen) atoms. The predicted molar refractivity (Wildman–Crippen MR) is 81.0 cm³/mol. The molecule has 0 saturated carbocycles. The summed E-state index contributed by atoms with van der Waals surface area (Å²) in [5, 5.41) is 6.06. The molecule has 0 bridgehead atoms. The molecule has 0 saturated heterocycles. The Morgan fingerprint density at radius 1 is 1.25 bits per heavy atom. The largest absolute Gasteiger partial charge is 0.354 e. The van der Waals surface area contributed by atoms with Crippen molar-refractivity contribution in [3.8, 4) is 0 Å². The Morgan fingerprint density at radius 3 is 2.70 bits per heavy atom. The average Bonchev–Trinajstić information content (AvgIpc) is 2.40. The molecule has 0 aliphatic carbocycles. The fourth-order valence-electron chi connectivity index (χ4n) is 1.42. The van der Waals surface area contributed by atoms with Gasteiger partial charge in [0.2, 0.25) is 17.2 Å². The van der Waals surface area contributed by atoms with Crippen molar-refractivity contribution in [2.24, 2.45) is 0 Å². The summed E-state index contributed by atoms with van der Waals surface area (Å²) < 4.78 is 13.5. The maximum absolute atomic E-state index is 13.2. The number of hydrogen-bond donors (Lipinski definition) is 2. The van der Waals surface area contributed by atoms with Crippen LogP contribution in [0.1, 0.15) is 13.3 Å². The number of nitrogens with one attached hydrogen (secondary N) is 2. The molecule has 2 rings (SSSR count). The highest BCUT2D eigenvalue weighted by Gasteiger charge is 2.06. The van der Waals surface area contributed by atoms with Crippen molar-refractivity contribution in [2.45, 2.75) is 13.3 Å². The van der Waals surface area contributed by atoms with Gasteiger partial charge in [-0.2, -0.15) is 15.0 Å². The Balaban J connectivity index is 2.19. The van der Waals surface area contributed by atoms with Crippen LogP contribution >= 0.6 is 27.5 Å². The van der Waals surface area contributed by atoms with Crippen molar-refractivity contribution in [3.63, 3.8) is 0 Å². The van der Waals surface area contributed by atoms with Crippen LogP contribution < -0.4 is 10.6 Å². The van der Waals surface area contributed by atoms with Crippen LogP contribution in [0, 0.1) is 5.82 Å². The zero-order chi connectivity index (χ0) is 14.5. The molecular weight excluding hydrogens is 349 g/mol. The fraction of sp³-hybridized carbons (Fsp3) is 0.250. The SMILES string of the molecule is CCCNc1nc(Cl)nc(Nc2ccc(F)c(Br)c2)n1. The standard InChI is InChI=1S/C12H12BrClFN5/c1-2-5-16-11-18-10(14)19-12(20-11)17-7-3-4-9(15)8(13)6-7/h3-4,6H,2,5H2,1H3,(H2,16,17,18,19,20). The van der Waals surface area contributed by atoms with Gasteiger partial charge in [0.25, 0.3) is 0 Å². The maximum atomic E-state index is 13.2. The normalized spacial score (nSPS) is 10.4. The lowest BCUT2D eigenvalue weighted by Crippen LogP contribution is -2.07. The number of halogens is 3. The van der Waals surface area contributed by atoms with Crippen LogP contribution in [0.2, 0.25) is 5.28 Å². The van der Waals surface area contributed by atoms with Crippen LogP contribution in [0.15, 0.2) is 22.7 Å². The summed E-state index contributed by atoms with van der Waals surface area (Å²) in [6.07, 6.45) is 0.941. The zero-order valence-corrected chi connectivity index (χ0v) is 13.0. The summed E-state index contributed by atoms with van der Waals surface area (Å²) in [6.45, 7) is 2.77. The van der Waals surface area contributed by atoms with Crippen molar-refractivity contribution in [3.05, 3.63) is 33.8 Å². The van der Waals surface area contributed by atoms with Crippen LogP contribution in [0.25, 0.3) is 0 Å². The molecule has 0 radical (unpaired) electrons. The predicted octanol–water partition coefficient (Wildman–Crippen LogP) is 3.99. The number of nitrogens with zero attached hydrogens (tertiary/aromatic N) is 3. The van der Waals surface area contributed by atoms with E-state index in [1.165, 1.54) is 6.07 Å². The molecule has 8 heteroatoms. The van der Waals surface area contributed by atoms with Gasteiger partial charge >= 0.3 is 0 Å². The molecule has 1 heterocycles. The van der Waals surface area contributed by atoms with Crippen molar-refractivity contribution in [2.75, 3.05) is 17.2 Å². The summed E-state index contributed by atoms with van der Waals surface area (Å²) >= 11 is 8.96. The van der Waals surface area contributed by atoms with E-state index >= 15 is 0 Å². The van der Waals surface area contributed by atoms with Crippen LogP contribution in [-0.2, 0) is 0 Å². The second-order valence-electron chi connectivity index (χ2n) is 3.93. The molecule has 0 aliphatic heterocycles. The topological polar surface area (TPSA) is 62.7 Å². The number of rotatable bonds is 5. The van der Waals surface area contributed by atoms with Gasteiger partial charge in [0.05, 0.1) is 4.47 Å². The first-order valence-electron chi connectivity index (χ1n) is 5.96. The number of benzene rings is 1. The highest BCUT2D eigenvalue weighted by Crippen LogP contribution is 2.22. The number of anilines is 3. The summed E-state index contributed by atoms with van der Waals surface area (Å²) in [7, 11) is 0. The molecule has 0 unspecified atom stereocenters. The molecule has 0 spiro atoms. The van der Waals surface area contributed by atoms with Crippen LogP contribution in [0.5, 0.6) is 0 Å². The lowest BCUT2D eigenvalue weighted by atomic mass is 10.3. The van der Waals surface area contributed by atoms with E-state index in [2.05, 4.69) is 41.5 Å². The third kappa shape index (κ3) is 4.01. The Labute approximate surface area is 129 Å². The third-order valence-corrected chi connectivity index (χ3v) is 3.09. The smallest absolute Gasteiger partial charge is 0.233 e. The van der Waals surface area contributed by atoms with E-state index in [-0.39, 0.29) is 11.1 Å². The summed E-state index contributed by atoms with van der Waals surface area (Å²) in [5.41, 5.74) is 0.641. The third-order valence-electron chi connectivity index (χ3n) is 2.32. The molecule has 1 aromatic carbocycles. The minimum absolute atomic E-state index is 0.0854. The van der Waals surface area contributed by atoms with Gasteiger partial charge in [0.1, 0.15) is 5.82 Å². The number of aromatic nitrogens is 3. The van der Waals surface area contributed by atoms with E-state index in [4.69, 9.17) is 11.6 Å². The van der Waals surface area contributed by atoms with Crippen LogP contribution in [-0.4, -0.2) is 21.5 Å². The highest BCUT2D eigenvalue weighted by atomic mass is 79.9. The maximum Gasteiger partial charge on any atom is 0.233 e. The first kappa shape index (κ1) is 14.9. The van der Waals surface area contributed by atoms with Crippen molar-refractivity contribution < 1.29 is 4.39 Å². The van der Waals surface area contributed by atoms with Crippen LogP contribution in [0.3, 0.4) is 0 Å². The first-order valence-corrected chi connectivity index (χ1v) is 7.13. The minimum atomic E-state index is -0.338. The molecule has 2 N–H and O–H groups in total. The Bertz CT molecular complexity index is 610. The summed E-state index contributed by atoms with van der Waals surface area (Å²) in [4.78, 5) is 12.1. The molecule has 1 aromatic heterocycles. The van der Waals surface area contributed by atoms with Crippen molar-refractivity contribution in [1.82, 2.24) is 15.0 Å². The second-order valence-corrected chi connectivity index (χ2v) is 5.12. The van der Waals surface area contributed by atoms with E-state index in [0.717, 1.165) is 13.0 Å². The fourth-order valence-corrected chi connectivity index (χ4v) is 1.96. The molecule has 0 fully saturated rings. The van der Waals surface area contributed by atoms with Gasteiger partial charge in [0, 0.05) is 12.2 Å². The Kier molecular flexibility index (Phi) is 5.08. The van der Waals surface area contributed by atoms with Gasteiger partial charge in [0.15, 0.2) is 0 Å². The summed E-state index contributed by atoms with van der Waals surface area (Å²) in [6, 6.07) is 4.51. The monoisotopic (exact) mass is 359 g/mol. The first-order chi connectivity index (χ1) is 9.58. The summed E-state index contributed by atoms with van der Waals surface area (Å²) in [5.74, 6) is 0.354. The van der Waals surface area contributed by atoms with Gasteiger partial charge in [-0.1, -0.05) is 6.92 Å². The van der Waals surface area contributed by atoms with Gasteiger partial charge in [-0.15, -0.1) is 0 Å². The second kappa shape index (κ2) is 6.81. The van der Waals surface area contributed by atoms with Crippen molar-refractivity contribution >= 4 is 45.1 Å². The lowest BCUT2D eigenvalue weighted by Gasteiger charge is -2.08. The molecule has 106 valence electrons. The van der Waals surface area contributed by atoms with Crippen molar-refractivity contribution in [1.29, 1.82) is 0 Å². The van der Waals surface area contributed by atoms with Gasteiger partial charge in [-0.05, 0) is 52.2 Å². The van der Waals surface area contributed by atoms with Gasteiger partial charge < -0.3 is 10.6 Å². The van der Waals surface area contributed by atoms with E-state index < -0.39 is 0 Å². The van der Waals surface area contributed by atoms with Crippen LogP contribution in [0.4, 0.5) is 22.0 Å². The van der Waals surface area contributed by atoms with E-state index in [1.807, 2.05) is 6.92 Å². The average molecular weight is 361 g/mol. The van der Waals surface area contributed by atoms with E-state index in [9.17, 15) is 4.39 Å². The zero-order valence-electron chi connectivity index (χ0n) is 10.6. The van der Waals surface area contributed by atoms with Gasteiger partial charge in [-0.3, -0.25) is 0 Å². The lowest BCUT2D eigenvalue weighted by molar-refractivity contribution is 0.621. The highest BCUT2D eigenvalue weighted by molar-refractivity contribution is 9.10.